The van der Waals surface area contributed by atoms with Crippen LogP contribution in [0.25, 0.3) is 11.3 Å². The SMILES string of the molecule is CNC[C@@H](NC(=O)c1ccc(-c2nc(C3CCC(O)CC3)cnc2N)cc1F)c1cccc(Br)c1. The van der Waals surface area contributed by atoms with Crippen LogP contribution in [-0.4, -0.2) is 40.7 Å². The number of nitrogens with one attached hydrogen (secondary N) is 2. The number of aromatic nitrogens is 2. The number of halogens is 2. The minimum Gasteiger partial charge on any atom is -0.393 e. The maximum Gasteiger partial charge on any atom is 0.254 e. The summed E-state index contributed by atoms with van der Waals surface area (Å²) >= 11 is 3.45. The first-order valence-electron chi connectivity index (χ1n) is 11.7. The van der Waals surface area contributed by atoms with Crippen LogP contribution in [0.1, 0.15) is 59.3 Å². The van der Waals surface area contributed by atoms with Crippen LogP contribution in [0.15, 0.2) is 53.1 Å². The Labute approximate surface area is 212 Å². The predicted octanol–water partition coefficient (Wildman–Crippen LogP) is 4.34. The fourth-order valence-corrected chi connectivity index (χ4v) is 4.87. The van der Waals surface area contributed by atoms with Gasteiger partial charge in [-0.2, -0.15) is 0 Å². The lowest BCUT2D eigenvalue weighted by Gasteiger charge is -2.25. The second kappa shape index (κ2) is 11.2. The average molecular weight is 542 g/mol. The molecule has 7 nitrogen and oxygen atoms in total. The van der Waals surface area contributed by atoms with Gasteiger partial charge in [0.15, 0.2) is 0 Å². The molecule has 1 aliphatic rings. The van der Waals surface area contributed by atoms with Crippen molar-refractivity contribution in [1.29, 1.82) is 0 Å². The molecule has 5 N–H and O–H groups in total. The van der Waals surface area contributed by atoms with Gasteiger partial charge in [-0.05, 0) is 62.6 Å². The molecule has 184 valence electrons. The summed E-state index contributed by atoms with van der Waals surface area (Å²) in [5, 5.41) is 15.7. The van der Waals surface area contributed by atoms with E-state index in [0.29, 0.717) is 17.8 Å². The minimum absolute atomic E-state index is 0.0613. The molecule has 0 spiro atoms. The zero-order chi connectivity index (χ0) is 24.9. The molecular weight excluding hydrogens is 513 g/mol. The van der Waals surface area contributed by atoms with E-state index in [0.717, 1.165) is 41.4 Å². The van der Waals surface area contributed by atoms with E-state index in [9.17, 15) is 9.90 Å². The van der Waals surface area contributed by atoms with E-state index in [-0.39, 0.29) is 29.4 Å². The topological polar surface area (TPSA) is 113 Å². The molecule has 1 aromatic heterocycles. The van der Waals surface area contributed by atoms with Crippen LogP contribution in [0, 0.1) is 5.82 Å². The number of carbonyl (C=O) groups excluding carboxylic acids is 1. The summed E-state index contributed by atoms with van der Waals surface area (Å²) in [6.07, 6.45) is 4.47. The normalized spacial score (nSPS) is 18.7. The van der Waals surface area contributed by atoms with Gasteiger partial charge in [-0.3, -0.25) is 4.79 Å². The Bertz CT molecular complexity index is 1200. The van der Waals surface area contributed by atoms with Crippen molar-refractivity contribution in [3.63, 3.8) is 0 Å². The van der Waals surface area contributed by atoms with E-state index in [1.165, 1.54) is 12.1 Å². The Morgan fingerprint density at radius 1 is 1.23 bits per heavy atom. The van der Waals surface area contributed by atoms with Crippen LogP contribution in [0.3, 0.4) is 0 Å². The second-order valence-corrected chi connectivity index (χ2v) is 9.78. The average Bonchev–Trinajstić information content (AvgIpc) is 2.84. The number of carbonyl (C=O) groups is 1. The number of amides is 1. The summed E-state index contributed by atoms with van der Waals surface area (Å²) in [5.41, 5.74) is 8.54. The van der Waals surface area contributed by atoms with Crippen molar-refractivity contribution in [3.8, 4) is 11.3 Å². The van der Waals surface area contributed by atoms with Gasteiger partial charge in [-0.15, -0.1) is 0 Å². The highest BCUT2D eigenvalue weighted by atomic mass is 79.9. The monoisotopic (exact) mass is 541 g/mol. The Hall–Kier alpha value is -2.88. The fourth-order valence-electron chi connectivity index (χ4n) is 4.45. The first-order valence-corrected chi connectivity index (χ1v) is 12.5. The molecule has 1 heterocycles. The molecule has 35 heavy (non-hydrogen) atoms. The van der Waals surface area contributed by atoms with Gasteiger partial charge in [0, 0.05) is 22.5 Å². The highest BCUT2D eigenvalue weighted by Crippen LogP contribution is 2.34. The van der Waals surface area contributed by atoms with E-state index in [4.69, 9.17) is 5.73 Å². The van der Waals surface area contributed by atoms with Gasteiger partial charge in [0.05, 0.1) is 29.6 Å². The third kappa shape index (κ3) is 6.04. The highest BCUT2D eigenvalue weighted by Gasteiger charge is 2.24. The molecule has 0 radical (unpaired) electrons. The van der Waals surface area contributed by atoms with E-state index >= 15 is 4.39 Å². The number of hydrogen-bond acceptors (Lipinski definition) is 6. The van der Waals surface area contributed by atoms with Gasteiger partial charge >= 0.3 is 0 Å². The van der Waals surface area contributed by atoms with Crippen LogP contribution >= 0.6 is 15.9 Å². The predicted molar refractivity (Wildman–Crippen MR) is 137 cm³/mol. The van der Waals surface area contributed by atoms with Gasteiger partial charge < -0.3 is 21.5 Å². The number of nitrogens with two attached hydrogens (primary N) is 1. The van der Waals surface area contributed by atoms with Gasteiger partial charge in [0.1, 0.15) is 17.3 Å². The van der Waals surface area contributed by atoms with Crippen molar-refractivity contribution in [2.75, 3.05) is 19.3 Å². The first-order chi connectivity index (χ1) is 16.9. The van der Waals surface area contributed by atoms with Crippen LogP contribution in [0.2, 0.25) is 0 Å². The molecule has 0 unspecified atom stereocenters. The Kier molecular flexibility index (Phi) is 8.10. The van der Waals surface area contributed by atoms with Crippen molar-refractivity contribution in [1.82, 2.24) is 20.6 Å². The van der Waals surface area contributed by atoms with Gasteiger partial charge in [-0.1, -0.05) is 34.1 Å². The molecule has 0 bridgehead atoms. The standard InChI is InChI=1S/C26H29BrFN5O2/c1-30-13-22(16-3-2-4-18(27)11-16)33-26(35)20-10-7-17(12-21(20)28)24-25(29)31-14-23(32-24)15-5-8-19(34)9-6-15/h2-4,7,10-12,14-15,19,22,30,34H,5-6,8-9,13H2,1H3,(H2,29,31)(H,33,35)/t15?,19?,22-/m1/s1. The van der Waals surface area contributed by atoms with Gasteiger partial charge in [-0.25, -0.2) is 14.4 Å². The minimum atomic E-state index is -0.662. The van der Waals surface area contributed by atoms with Crippen LogP contribution in [-0.2, 0) is 0 Å². The fraction of sp³-hybridized carbons (Fsp3) is 0.346. The summed E-state index contributed by atoms with van der Waals surface area (Å²) in [6, 6.07) is 11.6. The lowest BCUT2D eigenvalue weighted by atomic mass is 9.85. The Morgan fingerprint density at radius 2 is 2.00 bits per heavy atom. The lowest BCUT2D eigenvalue weighted by molar-refractivity contribution is 0.0932. The molecule has 1 atom stereocenters. The van der Waals surface area contributed by atoms with E-state index in [1.54, 1.807) is 19.3 Å². The summed E-state index contributed by atoms with van der Waals surface area (Å²) in [6.45, 7) is 0.485. The number of nitrogen functional groups attached to an aromatic ring is 1. The van der Waals surface area contributed by atoms with Crippen LogP contribution < -0.4 is 16.4 Å². The number of likely N-dealkylation sites (N-methyl/N-ethyl adjacent to an activating group) is 1. The van der Waals surface area contributed by atoms with E-state index in [2.05, 4.69) is 36.5 Å². The molecule has 0 saturated heterocycles. The molecule has 1 saturated carbocycles. The zero-order valence-electron chi connectivity index (χ0n) is 19.5. The Balaban J connectivity index is 1.55. The van der Waals surface area contributed by atoms with Crippen LogP contribution in [0.4, 0.5) is 10.2 Å². The third-order valence-electron chi connectivity index (χ3n) is 6.39. The molecule has 1 aliphatic carbocycles. The molecule has 4 rings (SSSR count). The third-order valence-corrected chi connectivity index (χ3v) is 6.88. The highest BCUT2D eigenvalue weighted by molar-refractivity contribution is 9.10. The number of hydrogen-bond donors (Lipinski definition) is 4. The van der Waals surface area contributed by atoms with Crippen LogP contribution in [0.5, 0.6) is 0 Å². The number of aliphatic hydroxyl groups is 1. The van der Waals surface area contributed by atoms with Crippen molar-refractivity contribution in [2.24, 2.45) is 0 Å². The molecule has 9 heteroatoms. The van der Waals surface area contributed by atoms with Crippen molar-refractivity contribution in [3.05, 3.63) is 75.8 Å². The Morgan fingerprint density at radius 3 is 2.69 bits per heavy atom. The molecule has 3 aromatic rings. The summed E-state index contributed by atoms with van der Waals surface area (Å²) in [5.74, 6) is -0.792. The van der Waals surface area contributed by atoms with Gasteiger partial charge in [0.25, 0.3) is 5.91 Å². The maximum absolute atomic E-state index is 15.1. The molecule has 1 amide bonds. The summed E-state index contributed by atoms with van der Waals surface area (Å²) < 4.78 is 16.0. The number of rotatable bonds is 7. The lowest BCUT2D eigenvalue weighted by Crippen LogP contribution is -2.35. The molecule has 2 aromatic carbocycles. The van der Waals surface area contributed by atoms with Crippen molar-refractivity contribution < 1.29 is 14.3 Å². The number of anilines is 1. The van der Waals surface area contributed by atoms with E-state index in [1.807, 2.05) is 24.3 Å². The number of benzene rings is 2. The van der Waals surface area contributed by atoms with E-state index < -0.39 is 11.7 Å². The largest absolute Gasteiger partial charge is 0.393 e. The van der Waals surface area contributed by atoms with Crippen molar-refractivity contribution >= 4 is 27.7 Å². The summed E-state index contributed by atoms with van der Waals surface area (Å²) in [7, 11) is 1.79. The molecule has 1 fully saturated rings. The second-order valence-electron chi connectivity index (χ2n) is 8.87. The van der Waals surface area contributed by atoms with Crippen molar-refractivity contribution in [2.45, 2.75) is 43.7 Å². The maximum atomic E-state index is 15.1. The number of nitrogens with zero attached hydrogens (tertiary/aromatic N) is 2. The van der Waals surface area contributed by atoms with Gasteiger partial charge in [0.2, 0.25) is 0 Å². The molecular formula is C26H29BrFN5O2. The first kappa shape index (κ1) is 25.2. The molecule has 0 aliphatic heterocycles. The zero-order valence-corrected chi connectivity index (χ0v) is 21.1. The number of aliphatic hydroxyl groups excluding tert-OH is 1. The quantitative estimate of drug-likeness (QED) is 0.354. The smallest absolute Gasteiger partial charge is 0.254 e. The summed E-state index contributed by atoms with van der Waals surface area (Å²) in [4.78, 5) is 21.9.